The van der Waals surface area contributed by atoms with Crippen LogP contribution in [0.3, 0.4) is 0 Å². The lowest BCUT2D eigenvalue weighted by Gasteiger charge is -2.21. The Morgan fingerprint density at radius 3 is 2.15 bits per heavy atom. The fraction of sp³-hybridized carbons (Fsp3) is 0.261. The molecular formula is C23H26O3. The van der Waals surface area contributed by atoms with E-state index in [4.69, 9.17) is 9.47 Å². The van der Waals surface area contributed by atoms with Crippen LogP contribution >= 0.6 is 0 Å². The number of esters is 1. The first kappa shape index (κ1) is 19.5. The fourth-order valence-corrected chi connectivity index (χ4v) is 2.57. The van der Waals surface area contributed by atoms with Crippen molar-refractivity contribution in [1.29, 1.82) is 0 Å². The molecule has 136 valence electrons. The molecule has 0 aliphatic heterocycles. The van der Waals surface area contributed by atoms with Crippen LogP contribution in [0.2, 0.25) is 0 Å². The summed E-state index contributed by atoms with van der Waals surface area (Å²) in [6.45, 7) is 11.7. The second-order valence-electron chi connectivity index (χ2n) is 6.99. The van der Waals surface area contributed by atoms with Gasteiger partial charge in [-0.3, -0.25) is 0 Å². The molecule has 0 aliphatic carbocycles. The van der Waals surface area contributed by atoms with Crippen molar-refractivity contribution in [1.82, 2.24) is 0 Å². The summed E-state index contributed by atoms with van der Waals surface area (Å²) in [6, 6.07) is 17.3. The van der Waals surface area contributed by atoms with Gasteiger partial charge in [-0.25, -0.2) is 4.79 Å². The highest BCUT2D eigenvalue weighted by molar-refractivity contribution is 6.24. The van der Waals surface area contributed by atoms with Gasteiger partial charge >= 0.3 is 5.97 Å². The second-order valence-corrected chi connectivity index (χ2v) is 6.99. The second kappa shape index (κ2) is 8.52. The van der Waals surface area contributed by atoms with E-state index in [1.807, 2.05) is 82.3 Å². The number of rotatable bonds is 6. The highest BCUT2D eigenvalue weighted by Gasteiger charge is 2.18. The van der Waals surface area contributed by atoms with E-state index in [1.165, 1.54) is 0 Å². The van der Waals surface area contributed by atoms with Gasteiger partial charge in [0.15, 0.2) is 0 Å². The predicted molar refractivity (Wildman–Crippen MR) is 107 cm³/mol. The smallest absolute Gasteiger partial charge is 0.339 e. The Morgan fingerprint density at radius 2 is 1.62 bits per heavy atom. The van der Waals surface area contributed by atoms with Crippen LogP contribution in [0.25, 0.3) is 11.1 Å². The molecule has 0 saturated carbocycles. The van der Waals surface area contributed by atoms with Crippen molar-refractivity contribution in [2.75, 3.05) is 6.61 Å². The monoisotopic (exact) mass is 350 g/mol. The number of ether oxygens (including phenoxy) is 2. The minimum atomic E-state index is -0.365. The molecular weight excluding hydrogens is 324 g/mol. The van der Waals surface area contributed by atoms with Crippen molar-refractivity contribution in [3.63, 3.8) is 0 Å². The standard InChI is InChI=1S/C23H26O3/c1-6-16-25-22(24)21(17(2)18-10-8-7-9-11-18)19-12-14-20(15-13-19)26-23(3,4)5/h6-15H,1,16H2,2-5H3/b21-17+. The normalized spacial score (nSPS) is 12.2. The first-order valence-corrected chi connectivity index (χ1v) is 8.65. The SMILES string of the molecule is C=CCOC(=O)/C(=C(\C)c1ccccc1)c1ccc(OC(C)(C)C)cc1. The molecule has 2 aromatic rings. The molecule has 0 fully saturated rings. The zero-order valence-corrected chi connectivity index (χ0v) is 15.9. The van der Waals surface area contributed by atoms with E-state index in [-0.39, 0.29) is 18.2 Å². The van der Waals surface area contributed by atoms with Crippen molar-refractivity contribution in [3.8, 4) is 5.75 Å². The van der Waals surface area contributed by atoms with Crippen LogP contribution in [0, 0.1) is 0 Å². The Kier molecular flexibility index (Phi) is 6.40. The lowest BCUT2D eigenvalue weighted by atomic mass is 9.95. The van der Waals surface area contributed by atoms with Crippen LogP contribution in [0.4, 0.5) is 0 Å². The van der Waals surface area contributed by atoms with Crippen molar-refractivity contribution >= 4 is 17.1 Å². The minimum absolute atomic E-state index is 0.176. The molecule has 0 aliphatic rings. The van der Waals surface area contributed by atoms with E-state index in [0.717, 1.165) is 22.4 Å². The molecule has 3 heteroatoms. The zero-order chi connectivity index (χ0) is 19.2. The lowest BCUT2D eigenvalue weighted by molar-refractivity contribution is -0.135. The molecule has 0 heterocycles. The molecule has 2 aromatic carbocycles. The Bertz CT molecular complexity index is 778. The summed E-state index contributed by atoms with van der Waals surface area (Å²) in [7, 11) is 0. The van der Waals surface area contributed by atoms with Gasteiger partial charge < -0.3 is 9.47 Å². The molecule has 0 atom stereocenters. The van der Waals surface area contributed by atoms with Crippen LogP contribution < -0.4 is 4.74 Å². The molecule has 0 saturated heterocycles. The molecule has 0 N–H and O–H groups in total. The maximum atomic E-state index is 12.7. The number of hydrogen-bond acceptors (Lipinski definition) is 3. The van der Waals surface area contributed by atoms with E-state index in [9.17, 15) is 4.79 Å². The lowest BCUT2D eigenvalue weighted by Crippen LogP contribution is -2.22. The average molecular weight is 350 g/mol. The first-order valence-electron chi connectivity index (χ1n) is 8.65. The summed E-state index contributed by atoms with van der Waals surface area (Å²) in [5.41, 5.74) is 2.91. The van der Waals surface area contributed by atoms with Crippen LogP contribution in [0.1, 0.15) is 38.8 Å². The first-order chi connectivity index (χ1) is 12.3. The Labute approximate surface area is 156 Å². The van der Waals surface area contributed by atoms with E-state index < -0.39 is 0 Å². The van der Waals surface area contributed by atoms with E-state index in [2.05, 4.69) is 6.58 Å². The van der Waals surface area contributed by atoms with Crippen molar-refractivity contribution in [3.05, 3.63) is 78.4 Å². The number of carbonyl (C=O) groups is 1. The third-order valence-corrected chi connectivity index (χ3v) is 3.69. The highest BCUT2D eigenvalue weighted by Crippen LogP contribution is 2.29. The Morgan fingerprint density at radius 1 is 1.00 bits per heavy atom. The topological polar surface area (TPSA) is 35.5 Å². The molecule has 26 heavy (non-hydrogen) atoms. The molecule has 0 bridgehead atoms. The van der Waals surface area contributed by atoms with Crippen molar-refractivity contribution in [2.45, 2.75) is 33.3 Å². The highest BCUT2D eigenvalue weighted by atomic mass is 16.5. The van der Waals surface area contributed by atoms with Gasteiger partial charge in [0.05, 0.1) is 5.57 Å². The van der Waals surface area contributed by atoms with Gasteiger partial charge in [0.25, 0.3) is 0 Å². The van der Waals surface area contributed by atoms with Crippen molar-refractivity contribution in [2.24, 2.45) is 0 Å². The average Bonchev–Trinajstić information content (AvgIpc) is 2.61. The van der Waals surface area contributed by atoms with Gasteiger partial charge in [0.1, 0.15) is 18.0 Å². The third kappa shape index (κ3) is 5.35. The number of hydrogen-bond donors (Lipinski definition) is 0. The molecule has 0 amide bonds. The van der Waals surface area contributed by atoms with Gasteiger partial charge in [-0.05, 0) is 56.5 Å². The molecule has 0 radical (unpaired) electrons. The summed E-state index contributed by atoms with van der Waals surface area (Å²) in [4.78, 5) is 12.7. The summed E-state index contributed by atoms with van der Waals surface area (Å²) in [6.07, 6.45) is 1.56. The van der Waals surface area contributed by atoms with Gasteiger partial charge in [-0.2, -0.15) is 0 Å². The molecule has 0 spiro atoms. The molecule has 0 unspecified atom stereocenters. The zero-order valence-electron chi connectivity index (χ0n) is 15.9. The number of allylic oxidation sites excluding steroid dienone is 1. The largest absolute Gasteiger partial charge is 0.488 e. The summed E-state index contributed by atoms with van der Waals surface area (Å²) in [5, 5.41) is 0. The predicted octanol–water partition coefficient (Wildman–Crippen LogP) is 5.52. The summed E-state index contributed by atoms with van der Waals surface area (Å²) < 4.78 is 11.2. The van der Waals surface area contributed by atoms with Gasteiger partial charge in [0.2, 0.25) is 0 Å². The van der Waals surface area contributed by atoms with E-state index >= 15 is 0 Å². The maximum Gasteiger partial charge on any atom is 0.339 e. The summed E-state index contributed by atoms with van der Waals surface area (Å²) >= 11 is 0. The van der Waals surface area contributed by atoms with E-state index in [1.54, 1.807) is 6.08 Å². The number of carbonyl (C=O) groups excluding carboxylic acids is 1. The van der Waals surface area contributed by atoms with Gasteiger partial charge in [-0.15, -0.1) is 0 Å². The Balaban J connectivity index is 2.44. The van der Waals surface area contributed by atoms with Gasteiger partial charge in [-0.1, -0.05) is 55.1 Å². The summed E-state index contributed by atoms with van der Waals surface area (Å²) in [5.74, 6) is 0.396. The van der Waals surface area contributed by atoms with E-state index in [0.29, 0.717) is 5.57 Å². The molecule has 0 aromatic heterocycles. The van der Waals surface area contributed by atoms with Gasteiger partial charge in [0, 0.05) is 0 Å². The number of benzene rings is 2. The van der Waals surface area contributed by atoms with Crippen LogP contribution in [0.15, 0.2) is 67.3 Å². The fourth-order valence-electron chi connectivity index (χ4n) is 2.57. The molecule has 2 rings (SSSR count). The quantitative estimate of drug-likeness (QED) is 0.298. The van der Waals surface area contributed by atoms with Crippen LogP contribution in [-0.4, -0.2) is 18.2 Å². The van der Waals surface area contributed by atoms with Crippen LogP contribution in [-0.2, 0) is 9.53 Å². The maximum absolute atomic E-state index is 12.7. The third-order valence-electron chi connectivity index (χ3n) is 3.69. The van der Waals surface area contributed by atoms with Crippen molar-refractivity contribution < 1.29 is 14.3 Å². The van der Waals surface area contributed by atoms with Crippen LogP contribution in [0.5, 0.6) is 5.75 Å². The Hall–Kier alpha value is -2.81. The minimum Gasteiger partial charge on any atom is -0.488 e. The molecule has 3 nitrogen and oxygen atoms in total.